The lowest BCUT2D eigenvalue weighted by molar-refractivity contribution is 0.607. The summed E-state index contributed by atoms with van der Waals surface area (Å²) >= 11 is 3.13. The average molecular weight is 288 g/mol. The molecule has 88 valence electrons. The van der Waals surface area contributed by atoms with Gasteiger partial charge in [0.05, 0.1) is 10.2 Å². The van der Waals surface area contributed by atoms with E-state index in [-0.39, 0.29) is 22.2 Å². The predicted octanol–water partition coefficient (Wildman–Crippen LogP) is 2.72. The molecule has 0 aliphatic carbocycles. The summed E-state index contributed by atoms with van der Waals surface area (Å²) in [4.78, 5) is 1.82. The molecule has 16 heavy (non-hydrogen) atoms. The molecule has 1 aromatic carbocycles. The van der Waals surface area contributed by atoms with Gasteiger partial charge in [-0.05, 0) is 41.9 Å². The van der Waals surface area contributed by atoms with Crippen LogP contribution in [0.2, 0.25) is 0 Å². The summed E-state index contributed by atoms with van der Waals surface area (Å²) in [6, 6.07) is 3.48. The van der Waals surface area contributed by atoms with Crippen molar-refractivity contribution in [3.05, 3.63) is 28.0 Å². The van der Waals surface area contributed by atoms with Gasteiger partial charge in [-0.3, -0.25) is 5.41 Å². The van der Waals surface area contributed by atoms with E-state index in [1.807, 2.05) is 25.8 Å². The predicted molar refractivity (Wildman–Crippen MR) is 68.7 cm³/mol. The molecule has 0 saturated carbocycles. The molecule has 3 N–H and O–H groups in total. The van der Waals surface area contributed by atoms with Crippen molar-refractivity contribution in [1.29, 1.82) is 5.41 Å². The van der Waals surface area contributed by atoms with Crippen molar-refractivity contribution in [2.45, 2.75) is 19.9 Å². The molecule has 1 rings (SSSR count). The summed E-state index contributed by atoms with van der Waals surface area (Å²) in [7, 11) is 1.82. The molecule has 0 fully saturated rings. The first kappa shape index (κ1) is 13.0. The fourth-order valence-corrected chi connectivity index (χ4v) is 1.85. The Hall–Kier alpha value is -1.10. The van der Waals surface area contributed by atoms with Crippen LogP contribution in [0.5, 0.6) is 0 Å². The first-order valence-electron chi connectivity index (χ1n) is 4.91. The SMILES string of the molecule is CC(C)N(C)c1ccc(C(=N)N)c(Br)c1F. The van der Waals surface area contributed by atoms with E-state index in [0.717, 1.165) is 0 Å². The monoisotopic (exact) mass is 287 g/mol. The minimum absolute atomic E-state index is 0.149. The van der Waals surface area contributed by atoms with Gasteiger partial charge in [0.1, 0.15) is 5.84 Å². The molecule has 0 atom stereocenters. The topological polar surface area (TPSA) is 53.1 Å². The number of amidine groups is 1. The molecule has 0 amide bonds. The quantitative estimate of drug-likeness (QED) is 0.663. The van der Waals surface area contributed by atoms with E-state index in [4.69, 9.17) is 11.1 Å². The summed E-state index contributed by atoms with van der Waals surface area (Å²) in [5, 5.41) is 7.30. The van der Waals surface area contributed by atoms with Crippen LogP contribution in [-0.4, -0.2) is 18.9 Å². The molecule has 0 radical (unpaired) electrons. The molecule has 0 aliphatic heterocycles. The standard InChI is InChI=1S/C11H15BrFN3/c1-6(2)16(3)8-5-4-7(11(14)15)9(12)10(8)13/h4-6H,1-3H3,(H3,14,15). The highest BCUT2D eigenvalue weighted by Gasteiger charge is 2.16. The third-order valence-corrected chi connectivity index (χ3v) is 3.28. The van der Waals surface area contributed by atoms with Crippen molar-refractivity contribution in [2.75, 3.05) is 11.9 Å². The van der Waals surface area contributed by atoms with E-state index in [2.05, 4.69) is 15.9 Å². The smallest absolute Gasteiger partial charge is 0.161 e. The molecular formula is C11H15BrFN3. The van der Waals surface area contributed by atoms with E-state index in [1.165, 1.54) is 0 Å². The Labute approximate surface area is 103 Å². The Morgan fingerprint density at radius 3 is 2.50 bits per heavy atom. The minimum atomic E-state index is -0.385. The first-order valence-corrected chi connectivity index (χ1v) is 5.70. The molecule has 0 spiro atoms. The molecule has 0 aliphatic rings. The summed E-state index contributed by atoms with van der Waals surface area (Å²) in [5.74, 6) is -0.534. The van der Waals surface area contributed by atoms with Crippen LogP contribution in [0.15, 0.2) is 16.6 Å². The molecule has 0 aromatic heterocycles. The van der Waals surface area contributed by atoms with Gasteiger partial charge in [-0.1, -0.05) is 0 Å². The van der Waals surface area contributed by atoms with Crippen LogP contribution < -0.4 is 10.6 Å². The first-order chi connectivity index (χ1) is 7.36. The van der Waals surface area contributed by atoms with Crippen LogP contribution in [0.1, 0.15) is 19.4 Å². The summed E-state index contributed by atoms with van der Waals surface area (Å²) < 4.78 is 14.2. The van der Waals surface area contributed by atoms with Gasteiger partial charge in [0, 0.05) is 18.7 Å². The van der Waals surface area contributed by atoms with Crippen molar-refractivity contribution in [1.82, 2.24) is 0 Å². The molecule has 0 unspecified atom stereocenters. The number of nitrogens with one attached hydrogen (secondary N) is 1. The fraction of sp³-hybridized carbons (Fsp3) is 0.364. The van der Waals surface area contributed by atoms with Crippen molar-refractivity contribution in [3.8, 4) is 0 Å². The number of benzene rings is 1. The molecule has 0 saturated heterocycles. The summed E-state index contributed by atoms with van der Waals surface area (Å²) in [6.07, 6.45) is 0. The van der Waals surface area contributed by atoms with Gasteiger partial charge in [-0.25, -0.2) is 4.39 Å². The fourth-order valence-electron chi connectivity index (χ4n) is 1.30. The highest BCUT2D eigenvalue weighted by Crippen LogP contribution is 2.29. The van der Waals surface area contributed by atoms with Gasteiger partial charge in [0.15, 0.2) is 5.82 Å². The second kappa shape index (κ2) is 4.82. The molecule has 3 nitrogen and oxygen atoms in total. The number of hydrogen-bond donors (Lipinski definition) is 2. The van der Waals surface area contributed by atoms with Gasteiger partial charge in [-0.2, -0.15) is 0 Å². The highest BCUT2D eigenvalue weighted by molar-refractivity contribution is 9.10. The van der Waals surface area contributed by atoms with Crippen LogP contribution in [0, 0.1) is 11.2 Å². The zero-order valence-electron chi connectivity index (χ0n) is 9.51. The molecule has 0 bridgehead atoms. The number of rotatable bonds is 3. The number of nitrogens with zero attached hydrogens (tertiary/aromatic N) is 1. The van der Waals surface area contributed by atoms with Gasteiger partial charge in [0.2, 0.25) is 0 Å². The van der Waals surface area contributed by atoms with E-state index in [9.17, 15) is 4.39 Å². The van der Waals surface area contributed by atoms with Gasteiger partial charge < -0.3 is 10.6 Å². The number of nitrogens with two attached hydrogens (primary N) is 1. The molecule has 1 aromatic rings. The molecule has 0 heterocycles. The Bertz CT molecular complexity index is 418. The number of halogens is 2. The summed E-state index contributed by atoms with van der Waals surface area (Å²) in [5.41, 5.74) is 6.21. The molecular weight excluding hydrogens is 273 g/mol. The van der Waals surface area contributed by atoms with E-state index in [1.54, 1.807) is 12.1 Å². The maximum absolute atomic E-state index is 14.0. The van der Waals surface area contributed by atoms with E-state index < -0.39 is 0 Å². The third-order valence-electron chi connectivity index (χ3n) is 2.51. The van der Waals surface area contributed by atoms with Crippen molar-refractivity contribution in [3.63, 3.8) is 0 Å². The maximum atomic E-state index is 14.0. The van der Waals surface area contributed by atoms with Crippen LogP contribution >= 0.6 is 15.9 Å². The zero-order valence-corrected chi connectivity index (χ0v) is 11.1. The largest absolute Gasteiger partial charge is 0.384 e. The van der Waals surface area contributed by atoms with Crippen LogP contribution in [0.4, 0.5) is 10.1 Å². The number of hydrogen-bond acceptors (Lipinski definition) is 2. The summed E-state index contributed by atoms with van der Waals surface area (Å²) in [6.45, 7) is 3.96. The van der Waals surface area contributed by atoms with Crippen molar-refractivity contribution in [2.24, 2.45) is 5.73 Å². The van der Waals surface area contributed by atoms with Crippen LogP contribution in [0.3, 0.4) is 0 Å². The maximum Gasteiger partial charge on any atom is 0.161 e. The Morgan fingerprint density at radius 2 is 2.06 bits per heavy atom. The van der Waals surface area contributed by atoms with Crippen molar-refractivity contribution >= 4 is 27.5 Å². The lowest BCUT2D eigenvalue weighted by atomic mass is 10.1. The van der Waals surface area contributed by atoms with E-state index >= 15 is 0 Å². The Balaban J connectivity index is 3.27. The van der Waals surface area contributed by atoms with Gasteiger partial charge in [0.25, 0.3) is 0 Å². The second-order valence-corrected chi connectivity index (χ2v) is 4.67. The van der Waals surface area contributed by atoms with Gasteiger partial charge >= 0.3 is 0 Å². The Kier molecular flexibility index (Phi) is 3.91. The normalized spacial score (nSPS) is 10.6. The third kappa shape index (κ3) is 2.35. The second-order valence-electron chi connectivity index (χ2n) is 3.88. The number of anilines is 1. The zero-order chi connectivity index (χ0) is 12.5. The van der Waals surface area contributed by atoms with Crippen LogP contribution in [-0.2, 0) is 0 Å². The minimum Gasteiger partial charge on any atom is -0.384 e. The van der Waals surface area contributed by atoms with Gasteiger partial charge in [-0.15, -0.1) is 0 Å². The number of nitrogen functional groups attached to an aromatic ring is 1. The highest BCUT2D eigenvalue weighted by atomic mass is 79.9. The average Bonchev–Trinajstić information content (AvgIpc) is 2.20. The lowest BCUT2D eigenvalue weighted by Crippen LogP contribution is -2.27. The van der Waals surface area contributed by atoms with E-state index in [0.29, 0.717) is 11.3 Å². The Morgan fingerprint density at radius 1 is 1.50 bits per heavy atom. The lowest BCUT2D eigenvalue weighted by Gasteiger charge is -2.25. The molecule has 5 heteroatoms. The van der Waals surface area contributed by atoms with Crippen molar-refractivity contribution < 1.29 is 4.39 Å². The van der Waals surface area contributed by atoms with Crippen LogP contribution in [0.25, 0.3) is 0 Å².